The smallest absolute Gasteiger partial charge is 0.419 e. The molecule has 0 spiro atoms. The second-order valence-electron chi connectivity index (χ2n) is 15.5. The van der Waals surface area contributed by atoms with Gasteiger partial charge in [-0.3, -0.25) is 0 Å². The second-order valence-corrected chi connectivity index (χ2v) is 16.0. The first-order valence-electron chi connectivity index (χ1n) is 21.7. The van der Waals surface area contributed by atoms with Gasteiger partial charge in [0.05, 0.1) is 17.7 Å². The lowest BCUT2D eigenvalue weighted by Gasteiger charge is -2.14. The Hall–Kier alpha value is -7.96. The molecule has 358 valence electrons. The molecule has 9 nitrogen and oxygen atoms in total. The zero-order valence-electron chi connectivity index (χ0n) is 39.2. The molecule has 0 saturated heterocycles. The van der Waals surface area contributed by atoms with Crippen LogP contribution in [0, 0.1) is 27.7 Å². The Bertz CT molecular complexity index is 2850. The van der Waals surface area contributed by atoms with E-state index in [4.69, 9.17) is 58.2 Å². The minimum Gasteiger partial charge on any atom is -0.493 e. The maximum Gasteiger partial charge on any atom is 0.419 e. The largest absolute Gasteiger partial charge is 0.493 e. The topological polar surface area (TPSA) is 150 Å². The van der Waals surface area contributed by atoms with Gasteiger partial charge < -0.3 is 46.6 Å². The number of nitrogen functional groups attached to an aromatic ring is 4. The number of anilines is 4. The summed E-state index contributed by atoms with van der Waals surface area (Å²) in [5.41, 5.74) is 29.6. The van der Waals surface area contributed by atoms with Gasteiger partial charge in [0.1, 0.15) is 40.2 Å². The molecule has 0 saturated carbocycles. The first-order valence-corrected chi connectivity index (χ1v) is 22.1. The first-order chi connectivity index (χ1) is 32.9. The number of alkyl halides is 3. The molecule has 8 rings (SSSR count). The van der Waals surface area contributed by atoms with Crippen LogP contribution in [0.5, 0.6) is 51.7 Å². The molecule has 8 N–H and O–H groups in total. The second kappa shape index (κ2) is 24.7. The molecule has 0 aliphatic rings. The molecule has 0 atom stereocenters. The lowest BCUT2D eigenvalue weighted by Crippen LogP contribution is -2.07. The zero-order valence-corrected chi connectivity index (χ0v) is 40.0. The van der Waals surface area contributed by atoms with Crippen LogP contribution < -0.4 is 46.6 Å². The van der Waals surface area contributed by atoms with Crippen molar-refractivity contribution in [1.29, 1.82) is 0 Å². The van der Waals surface area contributed by atoms with Gasteiger partial charge in [-0.05, 0) is 177 Å². The van der Waals surface area contributed by atoms with Crippen LogP contribution in [0.3, 0.4) is 0 Å². The summed E-state index contributed by atoms with van der Waals surface area (Å²) in [7, 11) is 1.62. The van der Waals surface area contributed by atoms with Crippen LogP contribution in [0.2, 0.25) is 5.02 Å². The minimum absolute atomic E-state index is 0.220. The molecular formula is C56H56ClF3N4O5. The van der Waals surface area contributed by atoms with Crippen LogP contribution in [0.15, 0.2) is 170 Å². The van der Waals surface area contributed by atoms with Crippen molar-refractivity contribution in [2.45, 2.75) is 47.2 Å². The van der Waals surface area contributed by atoms with Crippen molar-refractivity contribution in [3.8, 4) is 51.7 Å². The summed E-state index contributed by atoms with van der Waals surface area (Å²) in [5, 5.41) is 0.596. The van der Waals surface area contributed by atoms with E-state index < -0.39 is 11.7 Å². The van der Waals surface area contributed by atoms with Crippen LogP contribution in [-0.4, -0.2) is 7.11 Å². The number of benzene rings is 8. The number of nitrogens with two attached hydrogens (primary N) is 4. The molecule has 8 aromatic rings. The first kappa shape index (κ1) is 52.0. The van der Waals surface area contributed by atoms with Gasteiger partial charge in [-0.1, -0.05) is 73.1 Å². The predicted octanol–water partition coefficient (Wildman–Crippen LogP) is 15.7. The highest BCUT2D eigenvalue weighted by Gasteiger charge is 2.34. The van der Waals surface area contributed by atoms with Crippen LogP contribution in [0.25, 0.3) is 0 Å². The third-order valence-corrected chi connectivity index (χ3v) is 10.4. The fraction of sp³-hybridized carbons (Fsp3) is 0.143. The fourth-order valence-electron chi connectivity index (χ4n) is 6.54. The Labute approximate surface area is 406 Å². The van der Waals surface area contributed by atoms with Gasteiger partial charge in [-0.2, -0.15) is 13.2 Å². The lowest BCUT2D eigenvalue weighted by molar-refractivity contribution is -0.138. The third-order valence-electron chi connectivity index (χ3n) is 10.1. The van der Waals surface area contributed by atoms with Gasteiger partial charge in [0.25, 0.3) is 0 Å². The Kier molecular flexibility index (Phi) is 18.6. The molecule has 8 aromatic carbocycles. The molecule has 0 radical (unpaired) electrons. The molecule has 0 aromatic heterocycles. The highest BCUT2D eigenvalue weighted by molar-refractivity contribution is 6.32. The van der Waals surface area contributed by atoms with Crippen molar-refractivity contribution in [2.24, 2.45) is 0 Å². The Morgan fingerprint density at radius 3 is 1.14 bits per heavy atom. The number of ether oxygens (including phenoxy) is 5. The van der Waals surface area contributed by atoms with E-state index in [-0.39, 0.29) is 5.75 Å². The highest BCUT2D eigenvalue weighted by atomic mass is 35.5. The summed E-state index contributed by atoms with van der Waals surface area (Å²) in [6, 6.07) is 49.7. The molecule has 0 amide bonds. The van der Waals surface area contributed by atoms with Crippen LogP contribution in [0.1, 0.15) is 40.3 Å². The molecule has 0 aliphatic heterocycles. The summed E-state index contributed by atoms with van der Waals surface area (Å²) >= 11 is 6.01. The van der Waals surface area contributed by atoms with Crippen LogP contribution in [0.4, 0.5) is 35.9 Å². The van der Waals surface area contributed by atoms with Gasteiger partial charge in [0.15, 0.2) is 11.5 Å². The number of para-hydroxylation sites is 5. The fourth-order valence-corrected chi connectivity index (χ4v) is 6.71. The quantitative estimate of drug-likeness (QED) is 0.0982. The monoisotopic (exact) mass is 956 g/mol. The summed E-state index contributed by atoms with van der Waals surface area (Å²) in [4.78, 5) is 0. The lowest BCUT2D eigenvalue weighted by atomic mass is 10.1. The van der Waals surface area contributed by atoms with Crippen molar-refractivity contribution in [3.63, 3.8) is 0 Å². The van der Waals surface area contributed by atoms with Gasteiger partial charge in [-0.15, -0.1) is 0 Å². The van der Waals surface area contributed by atoms with E-state index in [2.05, 4.69) is 13.0 Å². The molecule has 0 bridgehead atoms. The van der Waals surface area contributed by atoms with Gasteiger partial charge >= 0.3 is 6.18 Å². The Morgan fingerprint density at radius 1 is 0.406 bits per heavy atom. The Morgan fingerprint density at radius 2 is 0.739 bits per heavy atom. The summed E-state index contributed by atoms with van der Waals surface area (Å²) in [6.45, 7) is 9.75. The maximum absolute atomic E-state index is 12.8. The van der Waals surface area contributed by atoms with Crippen LogP contribution >= 0.6 is 11.6 Å². The molecule has 13 heteroatoms. The van der Waals surface area contributed by atoms with Gasteiger partial charge in [-0.25, -0.2) is 0 Å². The normalized spacial score (nSPS) is 10.5. The number of hydrogen-bond acceptors (Lipinski definition) is 9. The number of halogens is 4. The van der Waals surface area contributed by atoms with Crippen molar-refractivity contribution < 1.29 is 36.9 Å². The Balaban J connectivity index is 0.000000172. The standard InChI is InChI=1S/C15H17NO.C14H12F3NO.C14H15NO2.C13H12ClNO/c1-3-12-6-4-5-7-15(12)17-14-9-8-13(16)10-11(14)2;1-9-8-10(18)6-7-12(9)19-13-5-3-2-4-11(13)14(15,16)17;1-10-9-11(15)7-8-12(10)17-14-6-4-3-5-13(14)16-2;1-9-8-10(15)6-7-12(9)16-13-5-3-2-4-11(13)14/h4-10H,3,16H2,1-2H3;2-8H,18H2,1H3;3-9H,15H2,1-2H3;2-8H,15H2,1H3. The summed E-state index contributed by atoms with van der Waals surface area (Å²) < 4.78 is 66.5. The molecule has 0 unspecified atom stereocenters. The summed E-state index contributed by atoms with van der Waals surface area (Å²) in [5.74, 6) is 5.52. The zero-order chi connectivity index (χ0) is 50.1. The minimum atomic E-state index is -4.45. The number of hydrogen-bond donors (Lipinski definition) is 4. The number of methoxy groups -OCH3 is 1. The van der Waals surface area contributed by atoms with Gasteiger partial charge in [0.2, 0.25) is 0 Å². The van der Waals surface area contributed by atoms with E-state index in [1.807, 2.05) is 130 Å². The summed E-state index contributed by atoms with van der Waals surface area (Å²) in [6.07, 6.45) is -3.48. The van der Waals surface area contributed by atoms with Crippen molar-refractivity contribution in [3.05, 3.63) is 208 Å². The predicted molar refractivity (Wildman–Crippen MR) is 274 cm³/mol. The average Bonchev–Trinajstić information content (AvgIpc) is 3.31. The molecular weight excluding hydrogens is 901 g/mol. The van der Waals surface area contributed by atoms with E-state index in [1.54, 1.807) is 44.4 Å². The number of rotatable bonds is 10. The van der Waals surface area contributed by atoms with Crippen molar-refractivity contribution in [1.82, 2.24) is 0 Å². The SMILES string of the molecule is CCc1ccccc1Oc1ccc(N)cc1C.COc1ccccc1Oc1ccc(N)cc1C.Cc1cc(N)ccc1Oc1ccccc1C(F)(F)F.Cc1cc(N)ccc1Oc1ccccc1Cl. The van der Waals surface area contributed by atoms with Gasteiger partial charge in [0, 0.05) is 22.7 Å². The molecule has 0 aliphatic carbocycles. The average molecular weight is 958 g/mol. The maximum atomic E-state index is 12.8. The van der Waals surface area contributed by atoms with E-state index in [9.17, 15) is 13.2 Å². The highest BCUT2D eigenvalue weighted by Crippen LogP contribution is 2.39. The molecule has 0 heterocycles. The van der Waals surface area contributed by atoms with Crippen molar-refractivity contribution >= 4 is 34.4 Å². The number of aryl methyl sites for hydroxylation is 5. The van der Waals surface area contributed by atoms with E-state index >= 15 is 0 Å². The van der Waals surface area contributed by atoms with Crippen molar-refractivity contribution in [2.75, 3.05) is 30.0 Å². The molecule has 0 fully saturated rings. The van der Waals surface area contributed by atoms with E-state index in [1.165, 1.54) is 23.8 Å². The van der Waals surface area contributed by atoms with E-state index in [0.29, 0.717) is 39.3 Å². The molecule has 69 heavy (non-hydrogen) atoms. The third kappa shape index (κ3) is 15.6. The van der Waals surface area contributed by atoms with Crippen LogP contribution in [-0.2, 0) is 12.6 Å². The van der Waals surface area contributed by atoms with E-state index in [0.717, 1.165) is 69.2 Å².